The Labute approximate surface area is 105 Å². The third-order valence-electron chi connectivity index (χ3n) is 2.32. The summed E-state index contributed by atoms with van der Waals surface area (Å²) in [7, 11) is 0. The number of nitrogens with zero attached hydrogens (tertiary/aromatic N) is 1. The summed E-state index contributed by atoms with van der Waals surface area (Å²) in [5.41, 5.74) is 1.07. The maximum absolute atomic E-state index is 11.5. The third kappa shape index (κ3) is 5.12. The molecule has 1 rings (SSSR count). The van der Waals surface area contributed by atoms with Crippen LogP contribution in [-0.4, -0.2) is 17.0 Å². The van der Waals surface area contributed by atoms with Gasteiger partial charge in [-0.15, -0.1) is 0 Å². The number of anilines is 1. The van der Waals surface area contributed by atoms with Crippen LogP contribution >= 0.6 is 0 Å². The molecule has 0 fully saturated rings. The number of nitriles is 1. The maximum Gasteiger partial charge on any atom is 0.303 e. The molecule has 0 heterocycles. The number of carbonyl (C=O) groups is 2. The second-order valence-corrected chi connectivity index (χ2v) is 3.84. The quantitative estimate of drug-likeness (QED) is 0.752. The molecule has 18 heavy (non-hydrogen) atoms. The average molecular weight is 246 g/mol. The molecule has 94 valence electrons. The molecule has 5 nitrogen and oxygen atoms in total. The highest BCUT2D eigenvalue weighted by Crippen LogP contribution is 2.11. The number of rotatable bonds is 6. The lowest BCUT2D eigenvalue weighted by molar-refractivity contribution is -0.137. The minimum absolute atomic E-state index is 0.0806. The lowest BCUT2D eigenvalue weighted by atomic mass is 10.1. The van der Waals surface area contributed by atoms with E-state index in [1.54, 1.807) is 24.3 Å². The fourth-order valence-electron chi connectivity index (χ4n) is 1.45. The Morgan fingerprint density at radius 3 is 2.67 bits per heavy atom. The van der Waals surface area contributed by atoms with E-state index in [1.165, 1.54) is 0 Å². The largest absolute Gasteiger partial charge is 0.481 e. The van der Waals surface area contributed by atoms with Gasteiger partial charge in [0.2, 0.25) is 5.91 Å². The molecule has 1 aromatic rings. The van der Waals surface area contributed by atoms with Crippen LogP contribution in [0, 0.1) is 11.3 Å². The van der Waals surface area contributed by atoms with Crippen LogP contribution in [0.5, 0.6) is 0 Å². The van der Waals surface area contributed by atoms with Gasteiger partial charge in [0.1, 0.15) is 0 Å². The molecule has 1 aromatic carbocycles. The SMILES string of the molecule is N#Cc1cccc(NC(=O)CCCCC(=O)O)c1. The van der Waals surface area contributed by atoms with Gasteiger partial charge in [0, 0.05) is 18.5 Å². The molecule has 1 amide bonds. The van der Waals surface area contributed by atoms with Crippen LogP contribution in [0.25, 0.3) is 0 Å². The van der Waals surface area contributed by atoms with Crippen molar-refractivity contribution in [3.63, 3.8) is 0 Å². The molecule has 0 aromatic heterocycles. The van der Waals surface area contributed by atoms with Crippen molar-refractivity contribution in [3.05, 3.63) is 29.8 Å². The Bertz CT molecular complexity index is 477. The highest BCUT2D eigenvalue weighted by atomic mass is 16.4. The van der Waals surface area contributed by atoms with Crippen LogP contribution < -0.4 is 5.32 Å². The second-order valence-electron chi connectivity index (χ2n) is 3.84. The van der Waals surface area contributed by atoms with Crippen molar-refractivity contribution in [3.8, 4) is 6.07 Å². The van der Waals surface area contributed by atoms with Crippen LogP contribution in [0.4, 0.5) is 5.69 Å². The van der Waals surface area contributed by atoms with Gasteiger partial charge < -0.3 is 10.4 Å². The van der Waals surface area contributed by atoms with Crippen molar-refractivity contribution in [2.24, 2.45) is 0 Å². The summed E-state index contributed by atoms with van der Waals surface area (Å²) in [6.45, 7) is 0. The van der Waals surface area contributed by atoms with E-state index in [0.29, 0.717) is 24.1 Å². The zero-order valence-corrected chi connectivity index (χ0v) is 9.85. The first-order valence-corrected chi connectivity index (χ1v) is 5.63. The summed E-state index contributed by atoms with van der Waals surface area (Å²) in [6.07, 6.45) is 1.39. The Hall–Kier alpha value is -2.35. The summed E-state index contributed by atoms with van der Waals surface area (Å²) < 4.78 is 0. The molecule has 0 aliphatic heterocycles. The predicted molar refractivity (Wildman–Crippen MR) is 65.9 cm³/mol. The number of aliphatic carboxylic acids is 1. The average Bonchev–Trinajstić information content (AvgIpc) is 2.34. The fourth-order valence-corrected chi connectivity index (χ4v) is 1.45. The first-order valence-electron chi connectivity index (χ1n) is 5.63. The van der Waals surface area contributed by atoms with Crippen LogP contribution in [0.1, 0.15) is 31.2 Å². The molecule has 0 aliphatic rings. The molecule has 0 radical (unpaired) electrons. The summed E-state index contributed by atoms with van der Waals surface area (Å²) in [5.74, 6) is -1.02. The first kappa shape index (κ1) is 13.7. The number of amides is 1. The topological polar surface area (TPSA) is 90.2 Å². The summed E-state index contributed by atoms with van der Waals surface area (Å²) >= 11 is 0. The van der Waals surface area contributed by atoms with Crippen LogP contribution in [0.2, 0.25) is 0 Å². The number of carboxylic acid groups (broad SMARTS) is 1. The van der Waals surface area contributed by atoms with Gasteiger partial charge in [-0.25, -0.2) is 0 Å². The first-order chi connectivity index (χ1) is 8.61. The molecular weight excluding hydrogens is 232 g/mol. The van der Waals surface area contributed by atoms with Gasteiger partial charge in [0.15, 0.2) is 0 Å². The summed E-state index contributed by atoms with van der Waals surface area (Å²) in [6, 6.07) is 8.63. The number of hydrogen-bond acceptors (Lipinski definition) is 3. The molecule has 0 saturated heterocycles. The Kier molecular flexibility index (Phi) is 5.39. The maximum atomic E-state index is 11.5. The van der Waals surface area contributed by atoms with Gasteiger partial charge in [-0.1, -0.05) is 6.07 Å². The van der Waals surface area contributed by atoms with E-state index in [0.717, 1.165) is 0 Å². The van der Waals surface area contributed by atoms with E-state index in [2.05, 4.69) is 5.32 Å². The van der Waals surface area contributed by atoms with E-state index in [-0.39, 0.29) is 18.7 Å². The lowest BCUT2D eigenvalue weighted by Crippen LogP contribution is -2.11. The van der Waals surface area contributed by atoms with Crippen molar-refractivity contribution in [1.82, 2.24) is 0 Å². The highest BCUT2D eigenvalue weighted by molar-refractivity contribution is 5.90. The number of carbonyl (C=O) groups excluding carboxylic acids is 1. The Morgan fingerprint density at radius 2 is 2.00 bits per heavy atom. The molecule has 0 saturated carbocycles. The minimum Gasteiger partial charge on any atom is -0.481 e. The molecule has 0 atom stereocenters. The molecule has 0 bridgehead atoms. The fraction of sp³-hybridized carbons (Fsp3) is 0.308. The molecule has 0 unspecified atom stereocenters. The van der Waals surface area contributed by atoms with Gasteiger partial charge >= 0.3 is 5.97 Å². The summed E-state index contributed by atoms with van der Waals surface area (Å²) in [4.78, 5) is 21.8. The van der Waals surface area contributed by atoms with Crippen LogP contribution in [0.15, 0.2) is 24.3 Å². The van der Waals surface area contributed by atoms with Crippen molar-refractivity contribution < 1.29 is 14.7 Å². The van der Waals surface area contributed by atoms with Crippen LogP contribution in [0.3, 0.4) is 0 Å². The number of hydrogen-bond donors (Lipinski definition) is 2. The second kappa shape index (κ2) is 7.07. The number of benzene rings is 1. The smallest absolute Gasteiger partial charge is 0.303 e. The van der Waals surface area contributed by atoms with Crippen LogP contribution in [-0.2, 0) is 9.59 Å². The Balaban J connectivity index is 2.35. The Morgan fingerprint density at radius 1 is 1.28 bits per heavy atom. The standard InChI is InChI=1S/C13H14N2O3/c14-9-10-4-3-5-11(8-10)15-12(16)6-1-2-7-13(17)18/h3-5,8H,1-2,6-7H2,(H,15,16)(H,17,18). The van der Waals surface area contributed by atoms with Gasteiger partial charge in [0.05, 0.1) is 11.6 Å². The zero-order valence-electron chi connectivity index (χ0n) is 9.85. The molecular formula is C13H14N2O3. The number of unbranched alkanes of at least 4 members (excludes halogenated alkanes) is 1. The van der Waals surface area contributed by atoms with E-state index < -0.39 is 5.97 Å². The number of carboxylic acids is 1. The number of nitrogens with one attached hydrogen (secondary N) is 1. The lowest BCUT2D eigenvalue weighted by Gasteiger charge is -2.04. The minimum atomic E-state index is -0.850. The monoisotopic (exact) mass is 246 g/mol. The van der Waals surface area contributed by atoms with E-state index in [1.807, 2.05) is 6.07 Å². The van der Waals surface area contributed by atoms with Gasteiger partial charge in [-0.3, -0.25) is 9.59 Å². The third-order valence-corrected chi connectivity index (χ3v) is 2.32. The summed E-state index contributed by atoms with van der Waals surface area (Å²) in [5, 5.41) is 19.8. The van der Waals surface area contributed by atoms with Crippen molar-refractivity contribution in [2.75, 3.05) is 5.32 Å². The van der Waals surface area contributed by atoms with E-state index in [4.69, 9.17) is 10.4 Å². The van der Waals surface area contributed by atoms with Crippen molar-refractivity contribution in [2.45, 2.75) is 25.7 Å². The van der Waals surface area contributed by atoms with Gasteiger partial charge in [-0.05, 0) is 31.0 Å². The van der Waals surface area contributed by atoms with Gasteiger partial charge in [-0.2, -0.15) is 5.26 Å². The normalized spacial score (nSPS) is 9.50. The molecule has 0 spiro atoms. The molecule has 0 aliphatic carbocycles. The van der Waals surface area contributed by atoms with Gasteiger partial charge in [0.25, 0.3) is 0 Å². The van der Waals surface area contributed by atoms with E-state index in [9.17, 15) is 9.59 Å². The highest BCUT2D eigenvalue weighted by Gasteiger charge is 2.04. The molecule has 5 heteroatoms. The van der Waals surface area contributed by atoms with Crippen molar-refractivity contribution >= 4 is 17.6 Å². The predicted octanol–water partition coefficient (Wildman–Crippen LogP) is 2.14. The van der Waals surface area contributed by atoms with E-state index >= 15 is 0 Å². The zero-order chi connectivity index (χ0) is 13.4. The molecule has 2 N–H and O–H groups in total. The van der Waals surface area contributed by atoms with Crippen molar-refractivity contribution in [1.29, 1.82) is 5.26 Å².